The Hall–Kier alpha value is -0.980. The molecule has 0 radical (unpaired) electrons. The molecule has 0 bridgehead atoms. The van der Waals surface area contributed by atoms with Crippen LogP contribution in [0.15, 0.2) is 6.33 Å². The molecule has 6 nitrogen and oxygen atoms in total. The molecule has 1 N–H and O–H groups in total. The van der Waals surface area contributed by atoms with Crippen LogP contribution in [0, 0.1) is 5.92 Å². The van der Waals surface area contributed by atoms with Gasteiger partial charge in [0.25, 0.3) is 0 Å². The van der Waals surface area contributed by atoms with Crippen molar-refractivity contribution >= 4 is 0 Å². The Kier molecular flexibility index (Phi) is 5.12. The molecule has 1 aliphatic rings. The lowest BCUT2D eigenvalue weighted by Crippen LogP contribution is -2.55. The molecule has 2 atom stereocenters. The minimum atomic E-state index is -0.405. The summed E-state index contributed by atoms with van der Waals surface area (Å²) in [5.41, 5.74) is 0. The van der Waals surface area contributed by atoms with Gasteiger partial charge < -0.3 is 10.0 Å². The zero-order chi connectivity index (χ0) is 14.7. The summed E-state index contributed by atoms with van der Waals surface area (Å²) in [5.74, 6) is 1.41. The number of aliphatic hydroxyl groups excluding tert-OH is 1. The number of aromatic nitrogens is 3. The molecule has 1 aliphatic heterocycles. The smallest absolute Gasteiger partial charge is 0.138 e. The highest BCUT2D eigenvalue weighted by molar-refractivity contribution is 4.94. The number of nitrogens with zero attached hydrogens (tertiary/aromatic N) is 5. The average molecular weight is 281 g/mol. The Morgan fingerprint density at radius 2 is 2.10 bits per heavy atom. The van der Waals surface area contributed by atoms with Crippen LogP contribution in [-0.2, 0) is 13.0 Å². The third kappa shape index (κ3) is 3.77. The highest BCUT2D eigenvalue weighted by Gasteiger charge is 2.29. The fraction of sp³-hybridized carbons (Fsp3) is 0.857. The van der Waals surface area contributed by atoms with Crippen molar-refractivity contribution in [3.05, 3.63) is 12.2 Å². The minimum absolute atomic E-state index is 0.165. The second-order valence-corrected chi connectivity index (χ2v) is 6.33. The van der Waals surface area contributed by atoms with Crippen LogP contribution in [0.25, 0.3) is 0 Å². The Balaban J connectivity index is 2.00. The van der Waals surface area contributed by atoms with Gasteiger partial charge in [0.2, 0.25) is 0 Å². The van der Waals surface area contributed by atoms with Crippen molar-refractivity contribution < 1.29 is 5.11 Å². The second kappa shape index (κ2) is 6.65. The van der Waals surface area contributed by atoms with Crippen LogP contribution in [0.2, 0.25) is 0 Å². The van der Waals surface area contributed by atoms with Crippen molar-refractivity contribution in [1.29, 1.82) is 0 Å². The SMILES string of the molecule is CC(C)Cn1ncnc1CC(O)C1CN(C)CCN1C. The molecule has 6 heteroatoms. The number of likely N-dealkylation sites (N-methyl/N-ethyl adjacent to an activating group) is 2. The van der Waals surface area contributed by atoms with Crippen LogP contribution in [-0.4, -0.2) is 75.5 Å². The van der Waals surface area contributed by atoms with E-state index in [9.17, 15) is 5.11 Å². The zero-order valence-electron chi connectivity index (χ0n) is 13.0. The quantitative estimate of drug-likeness (QED) is 0.828. The maximum absolute atomic E-state index is 10.5. The number of rotatable bonds is 5. The number of piperazine rings is 1. The summed E-state index contributed by atoms with van der Waals surface area (Å²) < 4.78 is 1.92. The van der Waals surface area contributed by atoms with Crippen molar-refractivity contribution in [2.45, 2.75) is 39.0 Å². The first-order valence-corrected chi connectivity index (χ1v) is 7.41. The maximum atomic E-state index is 10.5. The van der Waals surface area contributed by atoms with Gasteiger partial charge in [0.1, 0.15) is 12.2 Å². The first-order chi connectivity index (χ1) is 9.47. The predicted molar refractivity (Wildman–Crippen MR) is 78.5 cm³/mol. The third-order valence-electron chi connectivity index (χ3n) is 3.97. The van der Waals surface area contributed by atoms with Crippen molar-refractivity contribution in [1.82, 2.24) is 24.6 Å². The molecule has 0 spiro atoms. The third-order valence-corrected chi connectivity index (χ3v) is 3.97. The molecule has 0 aliphatic carbocycles. The monoisotopic (exact) mass is 281 g/mol. The molecule has 114 valence electrons. The molecule has 1 aromatic heterocycles. The molecular formula is C14H27N5O. The van der Waals surface area contributed by atoms with E-state index in [-0.39, 0.29) is 6.04 Å². The lowest BCUT2D eigenvalue weighted by molar-refractivity contribution is 0.0138. The number of hydrogen-bond acceptors (Lipinski definition) is 5. The normalized spacial score (nSPS) is 23.4. The van der Waals surface area contributed by atoms with E-state index >= 15 is 0 Å². The van der Waals surface area contributed by atoms with E-state index < -0.39 is 6.10 Å². The Morgan fingerprint density at radius 1 is 1.35 bits per heavy atom. The summed E-state index contributed by atoms with van der Waals surface area (Å²) in [6.45, 7) is 8.12. The van der Waals surface area contributed by atoms with E-state index in [0.29, 0.717) is 12.3 Å². The van der Waals surface area contributed by atoms with Gasteiger partial charge >= 0.3 is 0 Å². The minimum Gasteiger partial charge on any atom is -0.391 e. The summed E-state index contributed by atoms with van der Waals surface area (Å²) in [5, 5.41) is 14.8. The summed E-state index contributed by atoms with van der Waals surface area (Å²) in [6, 6.07) is 0.165. The lowest BCUT2D eigenvalue weighted by Gasteiger charge is -2.40. The van der Waals surface area contributed by atoms with Crippen LogP contribution < -0.4 is 0 Å². The number of hydrogen-bond donors (Lipinski definition) is 1. The first kappa shape index (κ1) is 15.4. The maximum Gasteiger partial charge on any atom is 0.138 e. The molecule has 1 saturated heterocycles. The Labute approximate surface area is 121 Å². The van der Waals surface area contributed by atoms with Crippen molar-refractivity contribution in [2.24, 2.45) is 5.92 Å². The van der Waals surface area contributed by atoms with E-state index in [1.54, 1.807) is 6.33 Å². The van der Waals surface area contributed by atoms with Gasteiger partial charge in [0.05, 0.1) is 6.10 Å². The molecule has 2 heterocycles. The van der Waals surface area contributed by atoms with Crippen LogP contribution in [0.5, 0.6) is 0 Å². The molecular weight excluding hydrogens is 254 g/mol. The van der Waals surface area contributed by atoms with Gasteiger partial charge in [-0.15, -0.1) is 0 Å². The molecule has 2 unspecified atom stereocenters. The van der Waals surface area contributed by atoms with Crippen LogP contribution >= 0.6 is 0 Å². The van der Waals surface area contributed by atoms with Gasteiger partial charge in [-0.05, 0) is 20.0 Å². The number of aliphatic hydroxyl groups is 1. The molecule has 0 saturated carbocycles. The van der Waals surface area contributed by atoms with Gasteiger partial charge in [-0.2, -0.15) is 5.10 Å². The van der Waals surface area contributed by atoms with Crippen LogP contribution in [0.4, 0.5) is 0 Å². The molecule has 20 heavy (non-hydrogen) atoms. The van der Waals surface area contributed by atoms with Gasteiger partial charge in [-0.25, -0.2) is 9.67 Å². The molecule has 1 fully saturated rings. The van der Waals surface area contributed by atoms with Crippen LogP contribution in [0.1, 0.15) is 19.7 Å². The van der Waals surface area contributed by atoms with E-state index in [1.807, 2.05) is 4.68 Å². The van der Waals surface area contributed by atoms with E-state index in [4.69, 9.17) is 0 Å². The highest BCUT2D eigenvalue weighted by Crippen LogP contribution is 2.14. The summed E-state index contributed by atoms with van der Waals surface area (Å²) in [6.07, 6.45) is 1.74. The first-order valence-electron chi connectivity index (χ1n) is 7.41. The standard InChI is InChI=1S/C14H27N5O/c1-11(2)8-19-14(15-10-16-19)7-13(20)12-9-17(3)5-6-18(12)4/h10-13,20H,5-9H2,1-4H3. The van der Waals surface area contributed by atoms with Gasteiger partial charge in [0, 0.05) is 38.6 Å². The van der Waals surface area contributed by atoms with E-state index in [2.05, 4.69) is 47.8 Å². The van der Waals surface area contributed by atoms with E-state index in [1.165, 1.54) is 0 Å². The Bertz CT molecular complexity index is 419. The second-order valence-electron chi connectivity index (χ2n) is 6.33. The van der Waals surface area contributed by atoms with E-state index in [0.717, 1.165) is 32.0 Å². The van der Waals surface area contributed by atoms with Gasteiger partial charge in [-0.3, -0.25) is 4.90 Å². The van der Waals surface area contributed by atoms with Gasteiger partial charge in [-0.1, -0.05) is 13.8 Å². The van der Waals surface area contributed by atoms with Crippen LogP contribution in [0.3, 0.4) is 0 Å². The zero-order valence-corrected chi connectivity index (χ0v) is 13.0. The largest absolute Gasteiger partial charge is 0.391 e. The fourth-order valence-corrected chi connectivity index (χ4v) is 2.73. The summed E-state index contributed by atoms with van der Waals surface area (Å²) in [7, 11) is 4.19. The molecule has 2 rings (SSSR count). The molecule has 0 aromatic carbocycles. The van der Waals surface area contributed by atoms with Gasteiger partial charge in [0.15, 0.2) is 0 Å². The lowest BCUT2D eigenvalue weighted by atomic mass is 10.0. The average Bonchev–Trinajstić information content (AvgIpc) is 2.78. The van der Waals surface area contributed by atoms with Crippen molar-refractivity contribution in [2.75, 3.05) is 33.7 Å². The van der Waals surface area contributed by atoms with Crippen molar-refractivity contribution in [3.8, 4) is 0 Å². The summed E-state index contributed by atoms with van der Waals surface area (Å²) in [4.78, 5) is 8.82. The Morgan fingerprint density at radius 3 is 2.80 bits per heavy atom. The topological polar surface area (TPSA) is 57.4 Å². The predicted octanol–water partition coefficient (Wildman–Crippen LogP) is 0.0833. The molecule has 0 amide bonds. The fourth-order valence-electron chi connectivity index (χ4n) is 2.73. The van der Waals surface area contributed by atoms with Crippen molar-refractivity contribution in [3.63, 3.8) is 0 Å². The summed E-state index contributed by atoms with van der Waals surface area (Å²) >= 11 is 0. The highest BCUT2D eigenvalue weighted by atomic mass is 16.3. The molecule has 1 aromatic rings.